The summed E-state index contributed by atoms with van der Waals surface area (Å²) in [6.07, 6.45) is 0. The maximum Gasteiger partial charge on any atom is 0.220 e. The van der Waals surface area contributed by atoms with Gasteiger partial charge in [-0.15, -0.1) is 11.6 Å². The molecular weight excluding hydrogens is 216 g/mol. The third kappa shape index (κ3) is 2.80. The number of hydrogen-bond acceptors (Lipinski definition) is 3. The largest absolute Gasteiger partial charge is 0.497 e. The van der Waals surface area contributed by atoms with Crippen LogP contribution in [-0.4, -0.2) is 18.7 Å². The summed E-state index contributed by atoms with van der Waals surface area (Å²) in [6.45, 7) is 1.21. The number of carbonyl (C=O) groups excluding carboxylic acids is 2. The number of hydrogen-bond donors (Lipinski definition) is 0. The van der Waals surface area contributed by atoms with Crippen LogP contribution in [-0.2, 0) is 9.59 Å². The highest BCUT2D eigenvalue weighted by Gasteiger charge is 2.21. The van der Waals surface area contributed by atoms with Gasteiger partial charge < -0.3 is 4.74 Å². The molecule has 0 aliphatic carbocycles. The van der Waals surface area contributed by atoms with Crippen LogP contribution >= 0.6 is 11.6 Å². The highest BCUT2D eigenvalue weighted by Crippen LogP contribution is 2.23. The van der Waals surface area contributed by atoms with Gasteiger partial charge in [0, 0.05) is 6.92 Å². The van der Waals surface area contributed by atoms with Gasteiger partial charge in [0.2, 0.25) is 5.78 Å². The Bertz CT molecular complexity index is 370. The standard InChI is InChI=1S/C11H11ClO3/c1-7(13)11(14)10(12)8-3-5-9(15-2)6-4-8/h3-6,10H,1-2H3. The van der Waals surface area contributed by atoms with E-state index in [1.165, 1.54) is 6.92 Å². The summed E-state index contributed by atoms with van der Waals surface area (Å²) in [5.74, 6) is -0.453. The van der Waals surface area contributed by atoms with E-state index in [1.807, 2.05) is 0 Å². The molecule has 15 heavy (non-hydrogen) atoms. The maximum atomic E-state index is 11.3. The smallest absolute Gasteiger partial charge is 0.220 e. The fourth-order valence-corrected chi connectivity index (χ4v) is 1.40. The van der Waals surface area contributed by atoms with Crippen molar-refractivity contribution >= 4 is 23.2 Å². The highest BCUT2D eigenvalue weighted by molar-refractivity contribution is 6.48. The van der Waals surface area contributed by atoms with Crippen molar-refractivity contribution < 1.29 is 14.3 Å². The molecule has 0 saturated heterocycles. The lowest BCUT2D eigenvalue weighted by molar-refractivity contribution is -0.135. The summed E-state index contributed by atoms with van der Waals surface area (Å²) in [5, 5.41) is -0.909. The second kappa shape index (κ2) is 4.94. The third-order valence-corrected chi connectivity index (χ3v) is 2.44. The number of benzene rings is 1. The van der Waals surface area contributed by atoms with Gasteiger partial charge in [-0.05, 0) is 17.7 Å². The summed E-state index contributed by atoms with van der Waals surface area (Å²) in [5.41, 5.74) is 0.595. The van der Waals surface area contributed by atoms with Crippen LogP contribution in [0.1, 0.15) is 17.9 Å². The van der Waals surface area contributed by atoms with Gasteiger partial charge >= 0.3 is 0 Å². The molecule has 0 aliphatic heterocycles. The summed E-state index contributed by atoms with van der Waals surface area (Å²) >= 11 is 5.84. The number of halogens is 1. The average Bonchev–Trinajstić information content (AvgIpc) is 2.27. The minimum atomic E-state index is -0.909. The van der Waals surface area contributed by atoms with Crippen molar-refractivity contribution in [3.05, 3.63) is 29.8 Å². The Balaban J connectivity index is 2.87. The normalized spacial score (nSPS) is 11.9. The number of methoxy groups -OCH3 is 1. The molecule has 1 unspecified atom stereocenters. The first-order valence-corrected chi connectivity index (χ1v) is 4.82. The van der Waals surface area contributed by atoms with Crippen LogP contribution < -0.4 is 4.74 Å². The highest BCUT2D eigenvalue weighted by atomic mass is 35.5. The second-order valence-electron chi connectivity index (χ2n) is 3.06. The SMILES string of the molecule is COc1ccc(C(Cl)C(=O)C(C)=O)cc1. The topological polar surface area (TPSA) is 43.4 Å². The zero-order chi connectivity index (χ0) is 11.4. The van der Waals surface area contributed by atoms with Gasteiger partial charge in [0.05, 0.1) is 7.11 Å². The van der Waals surface area contributed by atoms with Gasteiger partial charge in [0.25, 0.3) is 0 Å². The molecule has 0 saturated carbocycles. The van der Waals surface area contributed by atoms with E-state index in [2.05, 4.69) is 0 Å². The van der Waals surface area contributed by atoms with Gasteiger partial charge in [-0.3, -0.25) is 9.59 Å². The molecule has 3 nitrogen and oxygen atoms in total. The lowest BCUT2D eigenvalue weighted by atomic mass is 10.1. The lowest BCUT2D eigenvalue weighted by Gasteiger charge is -2.07. The number of Topliss-reactive ketones (excluding diaryl/α,β-unsaturated/α-hetero) is 2. The van der Waals surface area contributed by atoms with Crippen LogP contribution in [0.25, 0.3) is 0 Å². The van der Waals surface area contributed by atoms with Crippen LogP contribution in [0.2, 0.25) is 0 Å². The number of rotatable bonds is 4. The van der Waals surface area contributed by atoms with Crippen LogP contribution in [0.4, 0.5) is 0 Å². The van der Waals surface area contributed by atoms with Crippen LogP contribution in [0.3, 0.4) is 0 Å². The first-order valence-electron chi connectivity index (χ1n) is 4.39. The molecule has 0 fully saturated rings. The van der Waals surface area contributed by atoms with Gasteiger partial charge in [-0.25, -0.2) is 0 Å². The summed E-state index contributed by atoms with van der Waals surface area (Å²) in [4.78, 5) is 22.1. The van der Waals surface area contributed by atoms with Gasteiger partial charge in [-0.1, -0.05) is 12.1 Å². The maximum absolute atomic E-state index is 11.3. The minimum absolute atomic E-state index is 0.536. The number of alkyl halides is 1. The van der Waals surface area contributed by atoms with E-state index in [1.54, 1.807) is 31.4 Å². The van der Waals surface area contributed by atoms with Crippen molar-refractivity contribution in [1.29, 1.82) is 0 Å². The fourth-order valence-electron chi connectivity index (χ4n) is 1.10. The van der Waals surface area contributed by atoms with E-state index < -0.39 is 16.9 Å². The summed E-state index contributed by atoms with van der Waals surface area (Å²) in [6, 6.07) is 6.71. The van der Waals surface area contributed by atoms with Gasteiger partial charge in [0.15, 0.2) is 5.78 Å². The molecule has 1 atom stereocenters. The predicted octanol–water partition coefficient (Wildman–Crippen LogP) is 2.13. The molecule has 1 rings (SSSR count). The summed E-state index contributed by atoms with van der Waals surface area (Å²) in [7, 11) is 1.55. The lowest BCUT2D eigenvalue weighted by Crippen LogP contribution is -2.15. The monoisotopic (exact) mass is 226 g/mol. The van der Waals surface area contributed by atoms with E-state index in [-0.39, 0.29) is 0 Å². The predicted molar refractivity (Wildman–Crippen MR) is 57.3 cm³/mol. The Kier molecular flexibility index (Phi) is 3.86. The van der Waals surface area contributed by atoms with Gasteiger partial charge in [-0.2, -0.15) is 0 Å². The second-order valence-corrected chi connectivity index (χ2v) is 3.49. The Hall–Kier alpha value is -1.35. The Morgan fingerprint density at radius 2 is 1.80 bits per heavy atom. The molecule has 0 N–H and O–H groups in total. The number of ketones is 2. The van der Waals surface area contributed by atoms with E-state index in [4.69, 9.17) is 16.3 Å². The average molecular weight is 227 g/mol. The third-order valence-electron chi connectivity index (χ3n) is 1.99. The van der Waals surface area contributed by atoms with E-state index >= 15 is 0 Å². The molecule has 0 heterocycles. The molecule has 0 radical (unpaired) electrons. The number of ether oxygens (including phenoxy) is 1. The molecule has 0 spiro atoms. The quantitative estimate of drug-likeness (QED) is 0.584. The zero-order valence-corrected chi connectivity index (χ0v) is 9.25. The van der Waals surface area contributed by atoms with Gasteiger partial charge in [0.1, 0.15) is 11.1 Å². The number of carbonyl (C=O) groups is 2. The van der Waals surface area contributed by atoms with Crippen LogP contribution in [0, 0.1) is 0 Å². The van der Waals surface area contributed by atoms with Crippen molar-refractivity contribution in [3.63, 3.8) is 0 Å². The van der Waals surface area contributed by atoms with Crippen molar-refractivity contribution in [2.45, 2.75) is 12.3 Å². The van der Waals surface area contributed by atoms with Crippen molar-refractivity contribution in [2.75, 3.05) is 7.11 Å². The van der Waals surface area contributed by atoms with Crippen LogP contribution in [0.15, 0.2) is 24.3 Å². The minimum Gasteiger partial charge on any atom is -0.497 e. The molecular formula is C11H11ClO3. The Labute approximate surface area is 93.0 Å². The zero-order valence-electron chi connectivity index (χ0n) is 8.49. The van der Waals surface area contributed by atoms with Crippen molar-refractivity contribution in [1.82, 2.24) is 0 Å². The molecule has 80 valence electrons. The van der Waals surface area contributed by atoms with E-state index in [0.29, 0.717) is 11.3 Å². The molecule has 0 bridgehead atoms. The van der Waals surface area contributed by atoms with Crippen molar-refractivity contribution in [3.8, 4) is 5.75 Å². The Morgan fingerprint density at radius 3 is 2.20 bits per heavy atom. The molecule has 1 aromatic rings. The molecule has 1 aromatic carbocycles. The first kappa shape index (κ1) is 11.7. The molecule has 0 aliphatic rings. The molecule has 0 aromatic heterocycles. The van der Waals surface area contributed by atoms with Crippen molar-refractivity contribution in [2.24, 2.45) is 0 Å². The first-order chi connectivity index (χ1) is 7.06. The molecule has 0 amide bonds. The van der Waals surface area contributed by atoms with E-state index in [9.17, 15) is 9.59 Å². The fraction of sp³-hybridized carbons (Fsp3) is 0.273. The Morgan fingerprint density at radius 1 is 1.27 bits per heavy atom. The van der Waals surface area contributed by atoms with E-state index in [0.717, 1.165) is 0 Å². The molecule has 4 heteroatoms. The van der Waals surface area contributed by atoms with Crippen LogP contribution in [0.5, 0.6) is 5.75 Å². The summed E-state index contributed by atoms with van der Waals surface area (Å²) < 4.78 is 4.96.